The van der Waals surface area contributed by atoms with Crippen LogP contribution in [-0.2, 0) is 11.3 Å². The maximum absolute atomic E-state index is 13.0. The Labute approximate surface area is 164 Å². The van der Waals surface area contributed by atoms with Crippen LogP contribution in [0.4, 0.5) is 17.2 Å². The summed E-state index contributed by atoms with van der Waals surface area (Å²) in [5.74, 6) is -0.0953. The summed E-state index contributed by atoms with van der Waals surface area (Å²) in [7, 11) is 1.62. The van der Waals surface area contributed by atoms with Gasteiger partial charge < -0.3 is 15.5 Å². The van der Waals surface area contributed by atoms with Gasteiger partial charge in [-0.15, -0.1) is 0 Å². The van der Waals surface area contributed by atoms with Crippen LogP contribution in [0.15, 0.2) is 39.9 Å². The first-order valence-electron chi connectivity index (χ1n) is 9.48. The predicted octanol–water partition coefficient (Wildman–Crippen LogP) is 1.80. The molecule has 0 atom stereocenters. The van der Waals surface area contributed by atoms with Gasteiger partial charge in [-0.05, 0) is 32.4 Å². The molecule has 0 saturated heterocycles. The zero-order chi connectivity index (χ0) is 20.8. The maximum Gasteiger partial charge on any atom is 0.330 e. The van der Waals surface area contributed by atoms with Crippen LogP contribution in [0.5, 0.6) is 0 Å². The average Bonchev–Trinajstić information content (AvgIpc) is 2.61. The second-order valence-electron chi connectivity index (χ2n) is 7.05. The fourth-order valence-corrected chi connectivity index (χ4v) is 3.16. The summed E-state index contributed by atoms with van der Waals surface area (Å²) in [6, 6.07) is 9.30. The van der Waals surface area contributed by atoms with E-state index in [4.69, 9.17) is 5.73 Å². The van der Waals surface area contributed by atoms with Crippen LogP contribution in [-0.4, -0.2) is 35.1 Å². The number of para-hydroxylation sites is 1. The lowest BCUT2D eigenvalue weighted by Gasteiger charge is -2.30. The third-order valence-corrected chi connectivity index (χ3v) is 4.52. The Kier molecular flexibility index (Phi) is 7.03. The third kappa shape index (κ3) is 4.62. The monoisotopic (exact) mass is 387 g/mol. The normalized spacial score (nSPS) is 10.9. The summed E-state index contributed by atoms with van der Waals surface area (Å²) < 4.78 is 1.35. The number of nitrogens with zero attached hydrogens (tertiary/aromatic N) is 3. The number of rotatable bonds is 8. The topological polar surface area (TPSA) is 104 Å². The summed E-state index contributed by atoms with van der Waals surface area (Å²) in [5, 5.41) is 0. The molecule has 0 aliphatic heterocycles. The molecule has 1 aromatic carbocycles. The highest BCUT2D eigenvalue weighted by atomic mass is 16.2. The number of hydrogen-bond acceptors (Lipinski definition) is 5. The molecular weight excluding hydrogens is 358 g/mol. The van der Waals surface area contributed by atoms with E-state index in [1.54, 1.807) is 11.9 Å². The van der Waals surface area contributed by atoms with E-state index in [1.807, 2.05) is 51.1 Å². The van der Waals surface area contributed by atoms with Crippen molar-refractivity contribution in [2.75, 3.05) is 29.1 Å². The van der Waals surface area contributed by atoms with Crippen LogP contribution in [0, 0.1) is 0 Å². The second kappa shape index (κ2) is 9.25. The minimum absolute atomic E-state index is 0.0493. The van der Waals surface area contributed by atoms with Crippen molar-refractivity contribution in [3.8, 4) is 0 Å². The van der Waals surface area contributed by atoms with Gasteiger partial charge in [-0.3, -0.25) is 19.1 Å². The van der Waals surface area contributed by atoms with Gasteiger partial charge in [0.1, 0.15) is 11.5 Å². The molecule has 0 aliphatic rings. The van der Waals surface area contributed by atoms with Crippen molar-refractivity contribution in [3.05, 3.63) is 51.2 Å². The van der Waals surface area contributed by atoms with Crippen LogP contribution in [0.25, 0.3) is 0 Å². The summed E-state index contributed by atoms with van der Waals surface area (Å²) in [4.78, 5) is 42.9. The number of aromatic nitrogens is 2. The lowest BCUT2D eigenvalue weighted by Crippen LogP contribution is -2.45. The van der Waals surface area contributed by atoms with Gasteiger partial charge in [-0.1, -0.05) is 31.5 Å². The van der Waals surface area contributed by atoms with Crippen molar-refractivity contribution in [1.29, 1.82) is 0 Å². The number of carbonyl (C=O) groups is 1. The van der Waals surface area contributed by atoms with E-state index in [2.05, 4.69) is 4.98 Å². The van der Waals surface area contributed by atoms with E-state index in [0.717, 1.165) is 18.5 Å². The number of benzene rings is 1. The molecule has 0 radical (unpaired) electrons. The lowest BCUT2D eigenvalue weighted by molar-refractivity contribution is -0.117. The Hall–Kier alpha value is -3.03. The fraction of sp³-hybridized carbons (Fsp3) is 0.450. The second-order valence-corrected chi connectivity index (χ2v) is 7.05. The van der Waals surface area contributed by atoms with Crippen LogP contribution >= 0.6 is 0 Å². The Morgan fingerprint density at radius 1 is 1.21 bits per heavy atom. The lowest BCUT2D eigenvalue weighted by atomic mass is 10.2. The van der Waals surface area contributed by atoms with Crippen molar-refractivity contribution < 1.29 is 4.79 Å². The molecule has 28 heavy (non-hydrogen) atoms. The Morgan fingerprint density at radius 2 is 1.86 bits per heavy atom. The number of anilines is 3. The van der Waals surface area contributed by atoms with E-state index < -0.39 is 11.2 Å². The number of H-pyrrole nitrogens is 1. The predicted molar refractivity (Wildman–Crippen MR) is 113 cm³/mol. The molecule has 152 valence electrons. The maximum atomic E-state index is 13.0. The quantitative estimate of drug-likeness (QED) is 0.719. The summed E-state index contributed by atoms with van der Waals surface area (Å²) in [6.07, 6.45) is 1.64. The van der Waals surface area contributed by atoms with Crippen molar-refractivity contribution in [2.24, 2.45) is 0 Å². The highest BCUT2D eigenvalue weighted by Crippen LogP contribution is 2.19. The molecular formula is C20H29N5O3. The SMILES string of the molecule is CCCCn1c(N)c(N(C)CC(=O)N(c2ccccc2)C(C)C)c(=O)[nH]c1=O. The smallest absolute Gasteiger partial charge is 0.330 e. The zero-order valence-corrected chi connectivity index (χ0v) is 16.9. The molecule has 1 amide bonds. The van der Waals surface area contributed by atoms with E-state index in [-0.39, 0.29) is 30.0 Å². The number of hydrogen-bond donors (Lipinski definition) is 2. The first-order chi connectivity index (χ1) is 13.3. The Morgan fingerprint density at radius 3 is 2.43 bits per heavy atom. The first kappa shape index (κ1) is 21.3. The minimum Gasteiger partial charge on any atom is -0.383 e. The van der Waals surface area contributed by atoms with Gasteiger partial charge >= 0.3 is 5.69 Å². The molecule has 3 N–H and O–H groups in total. The Bertz CT molecular complexity index is 918. The van der Waals surface area contributed by atoms with Crippen LogP contribution < -0.4 is 26.8 Å². The van der Waals surface area contributed by atoms with E-state index in [0.29, 0.717) is 6.54 Å². The third-order valence-electron chi connectivity index (χ3n) is 4.52. The van der Waals surface area contributed by atoms with Crippen molar-refractivity contribution >= 4 is 23.1 Å². The molecule has 0 bridgehead atoms. The van der Waals surface area contributed by atoms with Gasteiger partial charge in [0.05, 0.1) is 6.54 Å². The summed E-state index contributed by atoms with van der Waals surface area (Å²) >= 11 is 0. The molecule has 0 spiro atoms. The number of carbonyl (C=O) groups excluding carboxylic acids is 1. The zero-order valence-electron chi connectivity index (χ0n) is 16.9. The number of aromatic amines is 1. The molecule has 0 saturated carbocycles. The number of nitrogens with one attached hydrogen (secondary N) is 1. The first-order valence-corrected chi connectivity index (χ1v) is 9.48. The Balaban J connectivity index is 2.33. The molecule has 8 nitrogen and oxygen atoms in total. The molecule has 2 aromatic rings. The van der Waals surface area contributed by atoms with Crippen LogP contribution in [0.3, 0.4) is 0 Å². The van der Waals surface area contributed by atoms with Gasteiger partial charge in [0.25, 0.3) is 5.56 Å². The average molecular weight is 387 g/mol. The number of unbranched alkanes of at least 4 members (excludes halogenated alkanes) is 1. The highest BCUT2D eigenvalue weighted by molar-refractivity contribution is 5.97. The number of likely N-dealkylation sites (N-methyl/N-ethyl adjacent to an activating group) is 1. The standard InChI is InChI=1S/C20H29N5O3/c1-5-6-12-24-18(21)17(19(27)22-20(24)28)23(4)13-16(26)25(14(2)3)15-10-8-7-9-11-15/h7-11,14H,5-6,12-13,21H2,1-4H3,(H,22,27,28). The van der Waals surface area contributed by atoms with Gasteiger partial charge in [0, 0.05) is 25.3 Å². The molecule has 0 fully saturated rings. The molecule has 8 heteroatoms. The van der Waals surface area contributed by atoms with Gasteiger partial charge in [-0.2, -0.15) is 0 Å². The summed E-state index contributed by atoms with van der Waals surface area (Å²) in [6.45, 7) is 6.22. The van der Waals surface area contributed by atoms with Gasteiger partial charge in [0.2, 0.25) is 5.91 Å². The van der Waals surface area contributed by atoms with Crippen molar-refractivity contribution in [3.63, 3.8) is 0 Å². The van der Waals surface area contributed by atoms with Crippen LogP contribution in [0.2, 0.25) is 0 Å². The van der Waals surface area contributed by atoms with Crippen LogP contribution in [0.1, 0.15) is 33.6 Å². The molecule has 0 unspecified atom stereocenters. The fourth-order valence-electron chi connectivity index (χ4n) is 3.16. The largest absolute Gasteiger partial charge is 0.383 e. The van der Waals surface area contributed by atoms with Crippen molar-refractivity contribution in [1.82, 2.24) is 9.55 Å². The molecule has 1 aromatic heterocycles. The number of nitrogen functional groups attached to an aromatic ring is 1. The molecule has 2 rings (SSSR count). The summed E-state index contributed by atoms with van der Waals surface area (Å²) in [5.41, 5.74) is 5.90. The van der Waals surface area contributed by atoms with Gasteiger partial charge in [-0.25, -0.2) is 4.79 Å². The number of amides is 1. The molecule has 0 aliphatic carbocycles. The minimum atomic E-state index is -0.596. The van der Waals surface area contributed by atoms with Crippen molar-refractivity contribution in [2.45, 2.75) is 46.2 Å². The highest BCUT2D eigenvalue weighted by Gasteiger charge is 2.23. The van der Waals surface area contributed by atoms with E-state index in [1.165, 1.54) is 9.47 Å². The molecule has 1 heterocycles. The number of nitrogens with two attached hydrogens (primary N) is 1. The van der Waals surface area contributed by atoms with Gasteiger partial charge in [0.15, 0.2) is 0 Å². The van der Waals surface area contributed by atoms with E-state index in [9.17, 15) is 14.4 Å². The van der Waals surface area contributed by atoms with E-state index >= 15 is 0 Å².